The van der Waals surface area contributed by atoms with Crippen LogP contribution in [0, 0.1) is 0 Å². The maximum absolute atomic E-state index is 6.14. The fourth-order valence-electron chi connectivity index (χ4n) is 2.74. The van der Waals surface area contributed by atoms with Gasteiger partial charge in [0, 0.05) is 10.0 Å². The van der Waals surface area contributed by atoms with Crippen molar-refractivity contribution in [1.82, 2.24) is 10.6 Å². The van der Waals surface area contributed by atoms with Gasteiger partial charge in [-0.15, -0.1) is 0 Å². The highest BCUT2D eigenvalue weighted by atomic mass is 35.5. The molecule has 1 aliphatic rings. The van der Waals surface area contributed by atoms with Gasteiger partial charge in [-0.2, -0.15) is 0 Å². The van der Waals surface area contributed by atoms with Gasteiger partial charge in [-0.05, 0) is 54.5 Å². The van der Waals surface area contributed by atoms with Gasteiger partial charge in [-0.25, -0.2) is 0 Å². The molecule has 2 aromatic rings. The summed E-state index contributed by atoms with van der Waals surface area (Å²) in [5, 5.41) is 8.76. The average molecular weight is 337 g/mol. The molecule has 0 aromatic heterocycles. The molecule has 2 aromatic carbocycles. The number of hydrogen-bond acceptors (Lipinski definition) is 1. The summed E-state index contributed by atoms with van der Waals surface area (Å²) in [4.78, 5) is 0. The van der Waals surface area contributed by atoms with E-state index in [1.54, 1.807) is 0 Å². The van der Waals surface area contributed by atoms with Crippen LogP contribution < -0.4 is 10.6 Å². The van der Waals surface area contributed by atoms with Gasteiger partial charge >= 0.3 is 0 Å². The maximum atomic E-state index is 6.14. The number of benzene rings is 2. The molecule has 5 heteroatoms. The summed E-state index contributed by atoms with van der Waals surface area (Å²) < 4.78 is 0. The highest BCUT2D eigenvalue weighted by Crippen LogP contribution is 2.39. The van der Waals surface area contributed by atoms with Crippen molar-refractivity contribution in [3.05, 3.63) is 69.7 Å². The lowest BCUT2D eigenvalue weighted by molar-refractivity contribution is 0.379. The van der Waals surface area contributed by atoms with E-state index in [1.807, 2.05) is 42.5 Å². The fourth-order valence-corrected chi connectivity index (χ4v) is 3.39. The molecule has 0 bridgehead atoms. The Balaban J connectivity index is 2.06. The molecule has 0 unspecified atom stereocenters. The first kappa shape index (κ1) is 14.6. The Morgan fingerprint density at radius 3 is 2.43 bits per heavy atom. The first-order chi connectivity index (χ1) is 9.99. The van der Waals surface area contributed by atoms with E-state index < -0.39 is 0 Å². The Hall–Kier alpha value is -1.29. The van der Waals surface area contributed by atoms with Crippen molar-refractivity contribution in [3.63, 3.8) is 0 Å². The van der Waals surface area contributed by atoms with Crippen LogP contribution in [0.15, 0.2) is 48.5 Å². The molecule has 2 atom stereocenters. The molecule has 1 heterocycles. The van der Waals surface area contributed by atoms with Crippen molar-refractivity contribution in [2.75, 3.05) is 0 Å². The molecule has 108 valence electrons. The molecular formula is C16H14Cl2N2S. The van der Waals surface area contributed by atoms with Crippen molar-refractivity contribution in [2.24, 2.45) is 0 Å². The molecule has 1 saturated heterocycles. The predicted octanol–water partition coefficient (Wildman–Crippen LogP) is 4.43. The third kappa shape index (κ3) is 2.73. The topological polar surface area (TPSA) is 24.1 Å². The van der Waals surface area contributed by atoms with Crippen LogP contribution in [0.5, 0.6) is 0 Å². The third-order valence-corrected chi connectivity index (χ3v) is 4.56. The average Bonchev–Trinajstić information content (AvgIpc) is 2.76. The second kappa shape index (κ2) is 5.48. The molecule has 2 nitrogen and oxygen atoms in total. The van der Waals surface area contributed by atoms with E-state index in [1.165, 1.54) is 0 Å². The molecule has 21 heavy (non-hydrogen) atoms. The van der Waals surface area contributed by atoms with Crippen LogP contribution in [0.4, 0.5) is 0 Å². The molecule has 1 fully saturated rings. The van der Waals surface area contributed by atoms with E-state index in [2.05, 4.69) is 23.6 Å². The second-order valence-electron chi connectivity index (χ2n) is 5.30. The predicted molar refractivity (Wildman–Crippen MR) is 91.9 cm³/mol. The summed E-state index contributed by atoms with van der Waals surface area (Å²) in [6.45, 7) is 2.12. The zero-order valence-corrected chi connectivity index (χ0v) is 13.7. The van der Waals surface area contributed by atoms with Gasteiger partial charge in [0.2, 0.25) is 0 Å². The van der Waals surface area contributed by atoms with Crippen molar-refractivity contribution in [3.8, 4) is 0 Å². The van der Waals surface area contributed by atoms with Gasteiger partial charge in [0.1, 0.15) is 0 Å². The van der Waals surface area contributed by atoms with Gasteiger partial charge in [0.15, 0.2) is 5.11 Å². The number of rotatable bonds is 2. The van der Waals surface area contributed by atoms with Gasteiger partial charge in [-0.3, -0.25) is 0 Å². The van der Waals surface area contributed by atoms with E-state index in [0.29, 0.717) is 10.1 Å². The summed E-state index contributed by atoms with van der Waals surface area (Å²) in [5.41, 5.74) is 1.84. The van der Waals surface area contributed by atoms with Crippen LogP contribution in [0.1, 0.15) is 24.1 Å². The standard InChI is InChI=1S/C16H14Cl2N2S/c1-16(11-3-2-4-13(18)9-11)14(19-15(21)20-16)10-5-7-12(17)8-6-10/h2-9,14H,1H3,(H2,19,20,21)/t14-,16+/m1/s1. The number of nitrogens with one attached hydrogen (secondary N) is 2. The SMILES string of the molecule is C[C@@]1(c2cccc(Cl)c2)NC(=S)N[C@@H]1c1ccc(Cl)cc1. The van der Waals surface area contributed by atoms with Crippen LogP contribution in [0.2, 0.25) is 10.0 Å². The van der Waals surface area contributed by atoms with Crippen LogP contribution in [-0.4, -0.2) is 5.11 Å². The Kier molecular flexibility index (Phi) is 3.82. The first-order valence-corrected chi connectivity index (χ1v) is 7.76. The summed E-state index contributed by atoms with van der Waals surface area (Å²) in [7, 11) is 0. The molecule has 1 aliphatic heterocycles. The van der Waals surface area contributed by atoms with E-state index in [0.717, 1.165) is 16.1 Å². The van der Waals surface area contributed by atoms with Gasteiger partial charge in [-0.1, -0.05) is 47.5 Å². The quantitative estimate of drug-likeness (QED) is 0.793. The maximum Gasteiger partial charge on any atom is 0.167 e. The minimum absolute atomic E-state index is 0.0146. The van der Waals surface area contributed by atoms with Crippen molar-refractivity contribution < 1.29 is 0 Å². The zero-order valence-electron chi connectivity index (χ0n) is 11.4. The third-order valence-electron chi connectivity index (χ3n) is 3.85. The van der Waals surface area contributed by atoms with Crippen LogP contribution in [0.25, 0.3) is 0 Å². The largest absolute Gasteiger partial charge is 0.353 e. The number of thiocarbonyl (C=S) groups is 1. The lowest BCUT2D eigenvalue weighted by Crippen LogP contribution is -2.39. The first-order valence-electron chi connectivity index (χ1n) is 6.59. The van der Waals surface area contributed by atoms with Crippen LogP contribution in [-0.2, 0) is 5.54 Å². The Morgan fingerprint density at radius 1 is 1.05 bits per heavy atom. The summed E-state index contributed by atoms with van der Waals surface area (Å²) in [5.74, 6) is 0. The molecule has 0 saturated carbocycles. The lowest BCUT2D eigenvalue weighted by Gasteiger charge is -2.31. The Bertz CT molecular complexity index is 687. The van der Waals surface area contributed by atoms with E-state index >= 15 is 0 Å². The zero-order chi connectivity index (χ0) is 15.0. The van der Waals surface area contributed by atoms with Crippen molar-refractivity contribution in [1.29, 1.82) is 0 Å². The normalized spacial score (nSPS) is 24.5. The monoisotopic (exact) mass is 336 g/mol. The van der Waals surface area contributed by atoms with Crippen LogP contribution >= 0.6 is 35.4 Å². The molecule has 0 radical (unpaired) electrons. The highest BCUT2D eigenvalue weighted by Gasteiger charge is 2.43. The fraction of sp³-hybridized carbons (Fsp3) is 0.188. The summed E-state index contributed by atoms with van der Waals surface area (Å²) >= 11 is 17.4. The number of hydrogen-bond donors (Lipinski definition) is 2. The van der Waals surface area contributed by atoms with Gasteiger partial charge in [0.05, 0.1) is 11.6 Å². The molecular weight excluding hydrogens is 323 g/mol. The summed E-state index contributed by atoms with van der Waals surface area (Å²) in [6.07, 6.45) is 0. The molecule has 0 amide bonds. The van der Waals surface area contributed by atoms with Gasteiger partial charge in [0.25, 0.3) is 0 Å². The molecule has 0 spiro atoms. The van der Waals surface area contributed by atoms with E-state index in [-0.39, 0.29) is 11.6 Å². The Morgan fingerprint density at radius 2 is 1.76 bits per heavy atom. The minimum Gasteiger partial charge on any atom is -0.353 e. The summed E-state index contributed by atoms with van der Waals surface area (Å²) in [6, 6.07) is 15.6. The Labute approximate surface area is 139 Å². The second-order valence-corrected chi connectivity index (χ2v) is 6.58. The molecule has 2 N–H and O–H groups in total. The molecule has 0 aliphatic carbocycles. The lowest BCUT2D eigenvalue weighted by atomic mass is 9.82. The highest BCUT2D eigenvalue weighted by molar-refractivity contribution is 7.80. The minimum atomic E-state index is -0.365. The van der Waals surface area contributed by atoms with Gasteiger partial charge < -0.3 is 10.6 Å². The number of halogens is 2. The smallest absolute Gasteiger partial charge is 0.167 e. The van der Waals surface area contributed by atoms with Crippen molar-refractivity contribution in [2.45, 2.75) is 18.5 Å². The van der Waals surface area contributed by atoms with Crippen LogP contribution in [0.3, 0.4) is 0 Å². The van der Waals surface area contributed by atoms with E-state index in [9.17, 15) is 0 Å². The van der Waals surface area contributed by atoms with Crippen molar-refractivity contribution >= 4 is 40.5 Å². The molecule has 3 rings (SSSR count). The van der Waals surface area contributed by atoms with E-state index in [4.69, 9.17) is 35.4 Å².